The third-order valence-electron chi connectivity index (χ3n) is 5.29. The van der Waals surface area contributed by atoms with Gasteiger partial charge in [-0.3, -0.25) is 4.79 Å². The number of H-pyrrole nitrogens is 1. The minimum absolute atomic E-state index is 0.186. The molecule has 0 spiro atoms. The summed E-state index contributed by atoms with van der Waals surface area (Å²) in [4.78, 5) is 28.1. The van der Waals surface area contributed by atoms with E-state index in [0.29, 0.717) is 22.5 Å². The Labute approximate surface area is 189 Å². The molecular weight excluding hydrogens is 416 g/mol. The lowest BCUT2D eigenvalue weighted by Crippen LogP contribution is -2.09. The highest BCUT2D eigenvalue weighted by molar-refractivity contribution is 5.95. The fraction of sp³-hybridized carbons (Fsp3) is 0.0400. The average Bonchev–Trinajstić information content (AvgIpc) is 2.85. The molecule has 0 aliphatic rings. The molecule has 5 aromatic rings. The molecule has 0 bridgehead atoms. The molecule has 0 aliphatic carbocycles. The van der Waals surface area contributed by atoms with Gasteiger partial charge in [-0.1, -0.05) is 24.3 Å². The van der Waals surface area contributed by atoms with Gasteiger partial charge in [0.25, 0.3) is 5.56 Å². The number of fused-ring (bicyclic) bond motifs is 1. The number of hydrogen-bond acceptors (Lipinski definition) is 7. The molecule has 2 aromatic carbocycles. The number of aromatic nitrogens is 4. The Hall–Kier alpha value is -4.72. The largest absolute Gasteiger partial charge is 0.497 e. The van der Waals surface area contributed by atoms with Crippen molar-refractivity contribution < 1.29 is 4.74 Å². The number of nitrogens with one attached hydrogen (secondary N) is 2. The lowest BCUT2D eigenvalue weighted by Gasteiger charge is -2.12. The van der Waals surface area contributed by atoms with E-state index in [-0.39, 0.29) is 11.5 Å². The number of nitrogens with zero attached hydrogens (tertiary/aromatic N) is 3. The summed E-state index contributed by atoms with van der Waals surface area (Å²) in [5.41, 5.74) is 9.65. The second-order valence-electron chi connectivity index (χ2n) is 7.39. The summed E-state index contributed by atoms with van der Waals surface area (Å²) in [6.45, 7) is 0. The molecular formula is C25H20N6O2. The zero-order chi connectivity index (χ0) is 22.8. The van der Waals surface area contributed by atoms with Gasteiger partial charge in [0.15, 0.2) is 0 Å². The Morgan fingerprint density at radius 3 is 2.24 bits per heavy atom. The number of ether oxygens (including phenoxy) is 1. The Morgan fingerprint density at radius 1 is 0.909 bits per heavy atom. The van der Waals surface area contributed by atoms with E-state index in [1.807, 2.05) is 60.7 Å². The van der Waals surface area contributed by atoms with Crippen molar-refractivity contribution in [3.8, 4) is 28.1 Å². The quantitative estimate of drug-likeness (QED) is 0.374. The van der Waals surface area contributed by atoms with Gasteiger partial charge in [0.1, 0.15) is 11.6 Å². The van der Waals surface area contributed by atoms with Crippen LogP contribution in [-0.4, -0.2) is 27.0 Å². The van der Waals surface area contributed by atoms with Crippen LogP contribution in [0.15, 0.2) is 84.0 Å². The molecule has 3 aromatic heterocycles. The first-order valence-electron chi connectivity index (χ1n) is 10.2. The summed E-state index contributed by atoms with van der Waals surface area (Å²) in [6.07, 6.45) is 4.83. The van der Waals surface area contributed by atoms with Crippen molar-refractivity contribution in [2.45, 2.75) is 0 Å². The van der Waals surface area contributed by atoms with Gasteiger partial charge in [-0.25, -0.2) is 15.0 Å². The zero-order valence-corrected chi connectivity index (χ0v) is 17.7. The molecule has 0 saturated heterocycles. The first-order valence-corrected chi connectivity index (χ1v) is 10.2. The second-order valence-corrected chi connectivity index (χ2v) is 7.39. The maximum Gasteiger partial charge on any atom is 0.259 e. The van der Waals surface area contributed by atoms with Crippen LogP contribution in [0.4, 0.5) is 17.5 Å². The van der Waals surface area contributed by atoms with Crippen molar-refractivity contribution in [1.29, 1.82) is 0 Å². The summed E-state index contributed by atoms with van der Waals surface area (Å²) in [6, 6.07) is 19.4. The number of nitrogen functional groups attached to an aromatic ring is 1. The summed E-state index contributed by atoms with van der Waals surface area (Å²) >= 11 is 0. The molecule has 5 rings (SSSR count). The Bertz CT molecular complexity index is 1480. The lowest BCUT2D eigenvalue weighted by molar-refractivity contribution is 0.415. The topological polar surface area (TPSA) is 119 Å². The monoisotopic (exact) mass is 436 g/mol. The fourth-order valence-electron chi connectivity index (χ4n) is 3.59. The molecule has 4 N–H and O–H groups in total. The molecule has 0 atom stereocenters. The summed E-state index contributed by atoms with van der Waals surface area (Å²) < 4.78 is 5.22. The molecule has 0 aliphatic heterocycles. The Morgan fingerprint density at radius 2 is 1.58 bits per heavy atom. The van der Waals surface area contributed by atoms with Gasteiger partial charge in [0, 0.05) is 29.8 Å². The summed E-state index contributed by atoms with van der Waals surface area (Å²) in [5, 5.41) is 4.51. The van der Waals surface area contributed by atoms with Crippen molar-refractivity contribution in [2.75, 3.05) is 18.2 Å². The number of nitrogens with two attached hydrogens (primary N) is 1. The van der Waals surface area contributed by atoms with E-state index >= 15 is 0 Å². The molecule has 8 nitrogen and oxygen atoms in total. The third-order valence-corrected chi connectivity index (χ3v) is 5.29. The highest BCUT2D eigenvalue weighted by Crippen LogP contribution is 2.29. The van der Waals surface area contributed by atoms with Crippen molar-refractivity contribution in [3.05, 3.63) is 89.6 Å². The molecule has 3 heterocycles. The number of aromatic amines is 1. The van der Waals surface area contributed by atoms with Gasteiger partial charge < -0.3 is 20.8 Å². The normalized spacial score (nSPS) is 10.8. The standard InChI is InChI=1S/C25H20N6O2/c1-33-20-8-4-16(5-9-20)15-2-6-19(7-3-15)30-23-22-17(10-11-27-24(22)32)12-21(31-23)18-13-28-25(26)29-14-18/h2-14H,1H3,(H,27,32)(H,30,31)(H2,26,28,29). The lowest BCUT2D eigenvalue weighted by atomic mass is 10.1. The molecule has 0 amide bonds. The highest BCUT2D eigenvalue weighted by atomic mass is 16.5. The van der Waals surface area contributed by atoms with Crippen LogP contribution in [-0.2, 0) is 0 Å². The molecule has 0 fully saturated rings. The van der Waals surface area contributed by atoms with E-state index in [0.717, 1.165) is 28.0 Å². The van der Waals surface area contributed by atoms with E-state index < -0.39 is 0 Å². The van der Waals surface area contributed by atoms with Gasteiger partial charge in [-0.2, -0.15) is 0 Å². The second kappa shape index (κ2) is 8.43. The Balaban J connectivity index is 1.52. The van der Waals surface area contributed by atoms with Crippen molar-refractivity contribution >= 4 is 28.2 Å². The van der Waals surface area contributed by atoms with E-state index in [9.17, 15) is 4.79 Å². The van der Waals surface area contributed by atoms with Gasteiger partial charge >= 0.3 is 0 Å². The number of methoxy groups -OCH3 is 1. The first-order chi connectivity index (χ1) is 16.1. The zero-order valence-electron chi connectivity index (χ0n) is 17.7. The van der Waals surface area contributed by atoms with Crippen LogP contribution in [0.2, 0.25) is 0 Å². The van der Waals surface area contributed by atoms with Crippen LogP contribution >= 0.6 is 0 Å². The minimum Gasteiger partial charge on any atom is -0.497 e. The Kier molecular flexibility index (Phi) is 5.16. The number of rotatable bonds is 5. The maximum atomic E-state index is 12.6. The molecule has 0 unspecified atom stereocenters. The SMILES string of the molecule is COc1ccc(-c2ccc(Nc3nc(-c4cnc(N)nc4)cc4cc[nH]c(=O)c34)cc2)cc1. The van der Waals surface area contributed by atoms with Crippen LogP contribution in [0.1, 0.15) is 0 Å². The predicted molar refractivity (Wildman–Crippen MR) is 130 cm³/mol. The van der Waals surface area contributed by atoms with E-state index in [1.54, 1.807) is 25.7 Å². The van der Waals surface area contributed by atoms with E-state index in [4.69, 9.17) is 15.5 Å². The number of hydrogen-bond donors (Lipinski definition) is 3. The van der Waals surface area contributed by atoms with Crippen LogP contribution in [0.5, 0.6) is 5.75 Å². The van der Waals surface area contributed by atoms with Crippen molar-refractivity contribution in [3.63, 3.8) is 0 Å². The van der Waals surface area contributed by atoms with Crippen LogP contribution in [0.3, 0.4) is 0 Å². The number of anilines is 3. The number of benzene rings is 2. The minimum atomic E-state index is -0.225. The van der Waals surface area contributed by atoms with E-state index in [2.05, 4.69) is 20.3 Å². The van der Waals surface area contributed by atoms with Gasteiger partial charge in [-0.05, 0) is 52.9 Å². The van der Waals surface area contributed by atoms with Gasteiger partial charge in [0.05, 0.1) is 18.2 Å². The van der Waals surface area contributed by atoms with Crippen molar-refractivity contribution in [2.24, 2.45) is 0 Å². The first kappa shape index (κ1) is 20.2. The van der Waals surface area contributed by atoms with Crippen LogP contribution in [0.25, 0.3) is 33.2 Å². The third kappa shape index (κ3) is 4.09. The fourth-order valence-corrected chi connectivity index (χ4v) is 3.59. The summed E-state index contributed by atoms with van der Waals surface area (Å²) in [5.74, 6) is 1.44. The van der Waals surface area contributed by atoms with E-state index in [1.165, 1.54) is 0 Å². The highest BCUT2D eigenvalue weighted by Gasteiger charge is 2.12. The molecule has 8 heteroatoms. The number of pyridine rings is 2. The molecule has 0 radical (unpaired) electrons. The molecule has 162 valence electrons. The summed E-state index contributed by atoms with van der Waals surface area (Å²) in [7, 11) is 1.65. The van der Waals surface area contributed by atoms with Gasteiger partial charge in [0.2, 0.25) is 5.95 Å². The van der Waals surface area contributed by atoms with Gasteiger partial charge in [-0.15, -0.1) is 0 Å². The maximum absolute atomic E-state index is 12.6. The smallest absolute Gasteiger partial charge is 0.259 e. The molecule has 0 saturated carbocycles. The average molecular weight is 436 g/mol. The van der Waals surface area contributed by atoms with Crippen LogP contribution in [0, 0.1) is 0 Å². The van der Waals surface area contributed by atoms with Crippen molar-refractivity contribution in [1.82, 2.24) is 19.9 Å². The predicted octanol–water partition coefficient (Wildman–Crippen LogP) is 4.38. The van der Waals surface area contributed by atoms with Crippen LogP contribution < -0.4 is 21.3 Å². The molecule has 33 heavy (non-hydrogen) atoms.